The Labute approximate surface area is 123 Å². The molecular formula is C18H27NO. The number of Topliss-reactive ketones (excluding diaryl/α,β-unsaturated/α-hetero) is 1. The van der Waals surface area contributed by atoms with Gasteiger partial charge in [-0.05, 0) is 37.3 Å². The highest BCUT2D eigenvalue weighted by Crippen LogP contribution is 2.19. The van der Waals surface area contributed by atoms with Crippen molar-refractivity contribution in [1.82, 2.24) is 4.90 Å². The summed E-state index contributed by atoms with van der Waals surface area (Å²) in [6, 6.07) is 8.19. The first kappa shape index (κ1) is 15.2. The molecule has 0 bridgehead atoms. The number of rotatable bonds is 6. The fourth-order valence-corrected chi connectivity index (χ4v) is 3.07. The van der Waals surface area contributed by atoms with Gasteiger partial charge in [0.15, 0.2) is 5.78 Å². The molecule has 1 aliphatic rings. The smallest absolute Gasteiger partial charge is 0.176 e. The van der Waals surface area contributed by atoms with Crippen LogP contribution in [-0.2, 0) is 6.42 Å². The molecule has 1 saturated heterocycles. The molecule has 1 fully saturated rings. The summed E-state index contributed by atoms with van der Waals surface area (Å²) in [7, 11) is 0. The highest BCUT2D eigenvalue weighted by molar-refractivity contribution is 5.97. The third-order valence-electron chi connectivity index (χ3n) is 4.36. The summed E-state index contributed by atoms with van der Waals surface area (Å²) in [5.41, 5.74) is 2.19. The summed E-state index contributed by atoms with van der Waals surface area (Å²) in [6.07, 6.45) is 6.04. The van der Waals surface area contributed by atoms with E-state index in [0.29, 0.717) is 6.54 Å². The molecule has 1 unspecified atom stereocenters. The Hall–Kier alpha value is -1.15. The van der Waals surface area contributed by atoms with E-state index in [1.54, 1.807) is 0 Å². The minimum absolute atomic E-state index is 0.268. The van der Waals surface area contributed by atoms with E-state index in [4.69, 9.17) is 0 Å². The number of carbonyl (C=O) groups excluding carboxylic acids is 1. The van der Waals surface area contributed by atoms with Crippen LogP contribution in [0.2, 0.25) is 0 Å². The van der Waals surface area contributed by atoms with Crippen molar-refractivity contribution in [3.8, 4) is 0 Å². The average Bonchev–Trinajstić information content (AvgIpc) is 2.48. The van der Waals surface area contributed by atoms with Crippen LogP contribution in [0.25, 0.3) is 0 Å². The largest absolute Gasteiger partial charge is 0.296 e. The topological polar surface area (TPSA) is 20.3 Å². The van der Waals surface area contributed by atoms with Crippen LogP contribution in [0.5, 0.6) is 0 Å². The average molecular weight is 273 g/mol. The van der Waals surface area contributed by atoms with Crippen molar-refractivity contribution in [2.75, 3.05) is 19.6 Å². The molecule has 1 aromatic carbocycles. The second kappa shape index (κ2) is 7.58. The number of nitrogens with zero attached hydrogens (tertiary/aromatic N) is 1. The molecule has 2 rings (SSSR count). The van der Waals surface area contributed by atoms with E-state index in [9.17, 15) is 4.79 Å². The number of piperidine rings is 1. The Morgan fingerprint density at radius 3 is 2.65 bits per heavy atom. The van der Waals surface area contributed by atoms with Crippen molar-refractivity contribution in [3.63, 3.8) is 0 Å². The van der Waals surface area contributed by atoms with Crippen molar-refractivity contribution in [3.05, 3.63) is 35.4 Å². The minimum Gasteiger partial charge on any atom is -0.296 e. The van der Waals surface area contributed by atoms with Crippen molar-refractivity contribution in [1.29, 1.82) is 0 Å². The molecule has 0 N–H and O–H groups in total. The van der Waals surface area contributed by atoms with Crippen LogP contribution in [0.1, 0.15) is 55.5 Å². The van der Waals surface area contributed by atoms with Gasteiger partial charge in [-0.15, -0.1) is 0 Å². The minimum atomic E-state index is 0.268. The maximum Gasteiger partial charge on any atom is 0.176 e. The molecule has 0 aromatic heterocycles. The van der Waals surface area contributed by atoms with Gasteiger partial charge in [-0.25, -0.2) is 0 Å². The molecule has 2 heteroatoms. The second-order valence-electron chi connectivity index (χ2n) is 6.02. The molecule has 0 aliphatic carbocycles. The number of benzene rings is 1. The van der Waals surface area contributed by atoms with Gasteiger partial charge < -0.3 is 0 Å². The van der Waals surface area contributed by atoms with Gasteiger partial charge in [-0.2, -0.15) is 0 Å². The van der Waals surface area contributed by atoms with E-state index in [1.807, 2.05) is 12.1 Å². The number of carbonyl (C=O) groups is 1. The van der Waals surface area contributed by atoms with E-state index >= 15 is 0 Å². The highest BCUT2D eigenvalue weighted by atomic mass is 16.1. The molecular weight excluding hydrogens is 246 g/mol. The summed E-state index contributed by atoms with van der Waals surface area (Å²) < 4.78 is 0. The highest BCUT2D eigenvalue weighted by Gasteiger charge is 2.20. The maximum atomic E-state index is 12.3. The van der Waals surface area contributed by atoms with Crippen molar-refractivity contribution >= 4 is 5.78 Å². The summed E-state index contributed by atoms with van der Waals surface area (Å²) in [4.78, 5) is 14.7. The quantitative estimate of drug-likeness (QED) is 0.732. The fourth-order valence-electron chi connectivity index (χ4n) is 3.07. The molecule has 1 atom stereocenters. The van der Waals surface area contributed by atoms with Crippen LogP contribution in [0.4, 0.5) is 0 Å². The predicted octanol–water partition coefficient (Wildman–Crippen LogP) is 3.94. The van der Waals surface area contributed by atoms with Crippen molar-refractivity contribution in [2.24, 2.45) is 5.92 Å². The number of hydrogen-bond acceptors (Lipinski definition) is 2. The zero-order valence-electron chi connectivity index (χ0n) is 12.9. The predicted molar refractivity (Wildman–Crippen MR) is 84.2 cm³/mol. The van der Waals surface area contributed by atoms with Crippen LogP contribution in [0, 0.1) is 5.92 Å². The van der Waals surface area contributed by atoms with Gasteiger partial charge in [0, 0.05) is 12.1 Å². The summed E-state index contributed by atoms with van der Waals surface area (Å²) >= 11 is 0. The lowest BCUT2D eigenvalue weighted by Gasteiger charge is -2.31. The number of hydrogen-bond donors (Lipinski definition) is 0. The van der Waals surface area contributed by atoms with Crippen LogP contribution < -0.4 is 0 Å². The normalized spacial score (nSPS) is 20.0. The molecule has 1 aliphatic heterocycles. The lowest BCUT2D eigenvalue weighted by Crippen LogP contribution is -2.38. The van der Waals surface area contributed by atoms with Crippen LogP contribution in [0.15, 0.2) is 24.3 Å². The number of ketones is 1. The maximum absolute atomic E-state index is 12.3. The zero-order chi connectivity index (χ0) is 14.4. The first-order valence-corrected chi connectivity index (χ1v) is 8.07. The van der Waals surface area contributed by atoms with E-state index in [2.05, 4.69) is 30.9 Å². The van der Waals surface area contributed by atoms with E-state index in [0.717, 1.165) is 37.4 Å². The van der Waals surface area contributed by atoms with Gasteiger partial charge in [0.25, 0.3) is 0 Å². The van der Waals surface area contributed by atoms with Gasteiger partial charge in [-0.3, -0.25) is 9.69 Å². The van der Waals surface area contributed by atoms with Gasteiger partial charge >= 0.3 is 0 Å². The third-order valence-corrected chi connectivity index (χ3v) is 4.36. The van der Waals surface area contributed by atoms with Gasteiger partial charge in [-0.1, -0.05) is 51.0 Å². The van der Waals surface area contributed by atoms with E-state index in [-0.39, 0.29) is 5.78 Å². The molecule has 0 saturated carbocycles. The number of likely N-dealkylation sites (tertiary alicyclic amines) is 1. The SMILES string of the molecule is CCCc1ccc(C(=O)CN2CCCC(CC)C2)cc1. The van der Waals surface area contributed by atoms with Gasteiger partial charge in [0.05, 0.1) is 6.54 Å². The van der Waals surface area contributed by atoms with Gasteiger partial charge in [0.2, 0.25) is 0 Å². The number of aryl methyl sites for hydroxylation is 1. The molecule has 110 valence electrons. The van der Waals surface area contributed by atoms with Crippen LogP contribution in [-0.4, -0.2) is 30.3 Å². The van der Waals surface area contributed by atoms with E-state index < -0.39 is 0 Å². The summed E-state index contributed by atoms with van der Waals surface area (Å²) in [6.45, 7) is 7.19. The first-order chi connectivity index (χ1) is 9.72. The molecule has 1 heterocycles. The van der Waals surface area contributed by atoms with Crippen LogP contribution >= 0.6 is 0 Å². The Morgan fingerprint density at radius 1 is 1.25 bits per heavy atom. The summed E-state index contributed by atoms with van der Waals surface area (Å²) in [5.74, 6) is 1.05. The van der Waals surface area contributed by atoms with E-state index in [1.165, 1.54) is 24.8 Å². The van der Waals surface area contributed by atoms with Gasteiger partial charge in [0.1, 0.15) is 0 Å². The molecule has 2 nitrogen and oxygen atoms in total. The Bertz CT molecular complexity index is 424. The first-order valence-electron chi connectivity index (χ1n) is 8.07. The Balaban J connectivity index is 1.90. The summed E-state index contributed by atoms with van der Waals surface area (Å²) in [5, 5.41) is 0. The molecule has 1 aromatic rings. The second-order valence-corrected chi connectivity index (χ2v) is 6.02. The lowest BCUT2D eigenvalue weighted by molar-refractivity contribution is 0.0884. The molecule has 0 spiro atoms. The van der Waals surface area contributed by atoms with Crippen molar-refractivity contribution in [2.45, 2.75) is 46.0 Å². The molecule has 0 radical (unpaired) electrons. The molecule has 0 amide bonds. The fraction of sp³-hybridized carbons (Fsp3) is 0.611. The van der Waals surface area contributed by atoms with Crippen LogP contribution in [0.3, 0.4) is 0 Å². The Morgan fingerprint density at radius 2 is 2.00 bits per heavy atom. The Kier molecular flexibility index (Phi) is 5.78. The lowest BCUT2D eigenvalue weighted by atomic mass is 9.95. The van der Waals surface area contributed by atoms with Crippen molar-refractivity contribution < 1.29 is 4.79 Å². The zero-order valence-corrected chi connectivity index (χ0v) is 12.9. The monoisotopic (exact) mass is 273 g/mol. The standard InChI is InChI=1S/C18H27NO/c1-3-6-16-8-10-17(11-9-16)18(20)14-19-12-5-7-15(4-2)13-19/h8-11,15H,3-7,12-14H2,1-2H3. The third kappa shape index (κ3) is 4.17. The molecule has 20 heavy (non-hydrogen) atoms.